The van der Waals surface area contributed by atoms with Gasteiger partial charge in [-0.2, -0.15) is 0 Å². The minimum absolute atomic E-state index is 0.00648. The standard InChI is InChI=1S/C12H16N2O/c1-8(2)7-14-10-6-4-5-9(3)11(10)13-12(14)15/h4-6,8H,7H2,1-3H3,(H,13,15). The minimum atomic E-state index is -0.00648. The first-order chi connectivity index (χ1) is 7.09. The van der Waals surface area contributed by atoms with Gasteiger partial charge in [0.05, 0.1) is 11.0 Å². The summed E-state index contributed by atoms with van der Waals surface area (Å²) in [6.07, 6.45) is 0. The number of aromatic nitrogens is 2. The first-order valence-corrected chi connectivity index (χ1v) is 5.27. The lowest BCUT2D eigenvalue weighted by atomic mass is 10.2. The van der Waals surface area contributed by atoms with Gasteiger partial charge in [-0.1, -0.05) is 26.0 Å². The van der Waals surface area contributed by atoms with Crippen molar-refractivity contribution in [3.8, 4) is 0 Å². The Morgan fingerprint density at radius 3 is 2.80 bits per heavy atom. The topological polar surface area (TPSA) is 37.8 Å². The highest BCUT2D eigenvalue weighted by atomic mass is 16.1. The van der Waals surface area contributed by atoms with E-state index in [2.05, 4.69) is 18.8 Å². The van der Waals surface area contributed by atoms with Gasteiger partial charge in [0, 0.05) is 6.54 Å². The van der Waals surface area contributed by atoms with E-state index in [9.17, 15) is 4.79 Å². The molecule has 2 aromatic rings. The summed E-state index contributed by atoms with van der Waals surface area (Å²) in [5, 5.41) is 0. The molecule has 0 bridgehead atoms. The Labute approximate surface area is 88.7 Å². The highest BCUT2D eigenvalue weighted by Crippen LogP contribution is 2.15. The summed E-state index contributed by atoms with van der Waals surface area (Å²) >= 11 is 0. The van der Waals surface area contributed by atoms with E-state index in [1.54, 1.807) is 0 Å². The van der Waals surface area contributed by atoms with Crippen LogP contribution in [0, 0.1) is 12.8 Å². The van der Waals surface area contributed by atoms with E-state index in [4.69, 9.17) is 0 Å². The van der Waals surface area contributed by atoms with Crippen molar-refractivity contribution in [2.24, 2.45) is 5.92 Å². The molecule has 0 saturated carbocycles. The van der Waals surface area contributed by atoms with Gasteiger partial charge < -0.3 is 4.98 Å². The fraction of sp³-hybridized carbons (Fsp3) is 0.417. The van der Waals surface area contributed by atoms with Crippen LogP contribution in [0.2, 0.25) is 0 Å². The van der Waals surface area contributed by atoms with Crippen molar-refractivity contribution in [3.63, 3.8) is 0 Å². The lowest BCUT2D eigenvalue weighted by molar-refractivity contribution is 0.522. The summed E-state index contributed by atoms with van der Waals surface area (Å²) in [5.41, 5.74) is 3.08. The van der Waals surface area contributed by atoms with Crippen LogP contribution >= 0.6 is 0 Å². The molecule has 0 aliphatic rings. The number of hydrogen-bond acceptors (Lipinski definition) is 1. The number of nitrogens with one attached hydrogen (secondary N) is 1. The smallest absolute Gasteiger partial charge is 0.305 e. The number of aromatic amines is 1. The molecular weight excluding hydrogens is 188 g/mol. The van der Waals surface area contributed by atoms with Crippen molar-refractivity contribution in [2.45, 2.75) is 27.3 Å². The number of fused-ring (bicyclic) bond motifs is 1. The SMILES string of the molecule is Cc1cccc2c1[nH]c(=O)n2CC(C)C. The fourth-order valence-electron chi connectivity index (χ4n) is 1.87. The Balaban J connectivity index is 2.69. The van der Waals surface area contributed by atoms with Gasteiger partial charge in [-0.3, -0.25) is 4.57 Å². The van der Waals surface area contributed by atoms with Gasteiger partial charge >= 0.3 is 5.69 Å². The van der Waals surface area contributed by atoms with Crippen LogP contribution in [0.15, 0.2) is 23.0 Å². The van der Waals surface area contributed by atoms with Crippen LogP contribution < -0.4 is 5.69 Å². The molecular formula is C12H16N2O. The highest BCUT2D eigenvalue weighted by molar-refractivity contribution is 5.78. The van der Waals surface area contributed by atoms with Gasteiger partial charge in [-0.05, 0) is 24.5 Å². The third-order valence-corrected chi connectivity index (χ3v) is 2.57. The molecule has 0 amide bonds. The lowest BCUT2D eigenvalue weighted by Crippen LogP contribution is -2.19. The molecule has 1 heterocycles. The Morgan fingerprint density at radius 1 is 1.40 bits per heavy atom. The molecule has 0 radical (unpaired) electrons. The van der Waals surface area contributed by atoms with E-state index < -0.39 is 0 Å². The second kappa shape index (κ2) is 3.57. The van der Waals surface area contributed by atoms with E-state index >= 15 is 0 Å². The number of hydrogen-bond donors (Lipinski definition) is 1. The Kier molecular flexibility index (Phi) is 2.39. The summed E-state index contributed by atoms with van der Waals surface area (Å²) in [6.45, 7) is 7.00. The number of rotatable bonds is 2. The van der Waals surface area contributed by atoms with E-state index in [-0.39, 0.29) is 5.69 Å². The largest absolute Gasteiger partial charge is 0.326 e. The molecule has 1 N–H and O–H groups in total. The van der Waals surface area contributed by atoms with E-state index in [1.807, 2.05) is 29.7 Å². The second-order valence-corrected chi connectivity index (χ2v) is 4.40. The second-order valence-electron chi connectivity index (χ2n) is 4.40. The molecule has 0 atom stereocenters. The number of H-pyrrole nitrogens is 1. The number of aryl methyl sites for hydroxylation is 1. The Morgan fingerprint density at radius 2 is 2.13 bits per heavy atom. The summed E-state index contributed by atoms with van der Waals surface area (Å²) in [7, 11) is 0. The number of nitrogens with zero attached hydrogens (tertiary/aromatic N) is 1. The molecule has 0 saturated heterocycles. The zero-order chi connectivity index (χ0) is 11.0. The van der Waals surface area contributed by atoms with Crippen molar-refractivity contribution in [3.05, 3.63) is 34.2 Å². The van der Waals surface area contributed by atoms with E-state index in [1.165, 1.54) is 0 Å². The molecule has 0 unspecified atom stereocenters. The van der Waals surface area contributed by atoms with Crippen molar-refractivity contribution in [1.29, 1.82) is 0 Å². The summed E-state index contributed by atoms with van der Waals surface area (Å²) in [5.74, 6) is 0.474. The molecule has 1 aromatic heterocycles. The van der Waals surface area contributed by atoms with Gasteiger partial charge in [0.2, 0.25) is 0 Å². The van der Waals surface area contributed by atoms with Gasteiger partial charge in [-0.25, -0.2) is 4.79 Å². The highest BCUT2D eigenvalue weighted by Gasteiger charge is 2.08. The molecule has 15 heavy (non-hydrogen) atoms. The molecule has 80 valence electrons. The van der Waals surface area contributed by atoms with Crippen LogP contribution in [0.4, 0.5) is 0 Å². The predicted octanol–water partition coefficient (Wildman–Crippen LogP) is 2.29. The third-order valence-electron chi connectivity index (χ3n) is 2.57. The minimum Gasteiger partial charge on any atom is -0.305 e. The maximum Gasteiger partial charge on any atom is 0.326 e. The van der Waals surface area contributed by atoms with Crippen LogP contribution in [-0.4, -0.2) is 9.55 Å². The van der Waals surface area contributed by atoms with Crippen molar-refractivity contribution >= 4 is 11.0 Å². The van der Waals surface area contributed by atoms with Crippen LogP contribution in [0.3, 0.4) is 0 Å². The molecule has 3 nitrogen and oxygen atoms in total. The van der Waals surface area contributed by atoms with E-state index in [0.717, 1.165) is 23.1 Å². The summed E-state index contributed by atoms with van der Waals surface area (Å²) in [6, 6.07) is 5.99. The molecule has 3 heteroatoms. The monoisotopic (exact) mass is 204 g/mol. The zero-order valence-corrected chi connectivity index (χ0v) is 9.37. The Hall–Kier alpha value is -1.51. The first kappa shape index (κ1) is 10.0. The predicted molar refractivity (Wildman–Crippen MR) is 62.1 cm³/mol. The number of imidazole rings is 1. The number of benzene rings is 1. The Bertz CT molecular complexity index is 534. The van der Waals surface area contributed by atoms with Crippen LogP contribution in [0.1, 0.15) is 19.4 Å². The molecule has 1 aromatic carbocycles. The van der Waals surface area contributed by atoms with Crippen molar-refractivity contribution in [1.82, 2.24) is 9.55 Å². The average molecular weight is 204 g/mol. The van der Waals surface area contributed by atoms with Crippen LogP contribution in [0.5, 0.6) is 0 Å². The summed E-state index contributed by atoms with van der Waals surface area (Å²) < 4.78 is 1.81. The van der Waals surface area contributed by atoms with Gasteiger partial charge in [0.1, 0.15) is 0 Å². The molecule has 0 spiro atoms. The molecule has 2 rings (SSSR count). The van der Waals surface area contributed by atoms with Crippen LogP contribution in [0.25, 0.3) is 11.0 Å². The third kappa shape index (κ3) is 1.69. The van der Waals surface area contributed by atoms with Gasteiger partial charge in [0.25, 0.3) is 0 Å². The average Bonchev–Trinajstić information content (AvgIpc) is 2.45. The van der Waals surface area contributed by atoms with E-state index in [0.29, 0.717) is 5.92 Å². The lowest BCUT2D eigenvalue weighted by Gasteiger charge is -2.06. The van der Waals surface area contributed by atoms with Crippen molar-refractivity contribution < 1.29 is 0 Å². The maximum absolute atomic E-state index is 11.7. The zero-order valence-electron chi connectivity index (χ0n) is 9.37. The van der Waals surface area contributed by atoms with Crippen molar-refractivity contribution in [2.75, 3.05) is 0 Å². The molecule has 0 fully saturated rings. The number of para-hydroxylation sites is 1. The van der Waals surface area contributed by atoms with Gasteiger partial charge in [-0.15, -0.1) is 0 Å². The van der Waals surface area contributed by atoms with Gasteiger partial charge in [0.15, 0.2) is 0 Å². The van der Waals surface area contributed by atoms with Crippen LogP contribution in [-0.2, 0) is 6.54 Å². The summed E-state index contributed by atoms with van der Waals surface area (Å²) in [4.78, 5) is 14.6. The quantitative estimate of drug-likeness (QED) is 0.800. The normalized spacial score (nSPS) is 11.5. The maximum atomic E-state index is 11.7. The molecule has 0 aliphatic heterocycles. The fourth-order valence-corrected chi connectivity index (χ4v) is 1.87. The molecule has 0 aliphatic carbocycles. The first-order valence-electron chi connectivity index (χ1n) is 5.27.